The summed E-state index contributed by atoms with van der Waals surface area (Å²) in [5, 5.41) is 13.2. The number of hydrogen-bond acceptors (Lipinski definition) is 4. The normalized spacial score (nSPS) is 22.0. The number of aliphatic hydroxyl groups excluding tert-OH is 1. The van der Waals surface area contributed by atoms with Crippen LogP contribution >= 0.6 is 23.5 Å². The van der Waals surface area contributed by atoms with E-state index in [1.165, 1.54) is 18.0 Å². The van der Waals surface area contributed by atoms with Gasteiger partial charge in [-0.2, -0.15) is 0 Å². The van der Waals surface area contributed by atoms with Crippen molar-refractivity contribution in [2.75, 3.05) is 5.32 Å². The van der Waals surface area contributed by atoms with Crippen molar-refractivity contribution >= 4 is 35.1 Å². The van der Waals surface area contributed by atoms with E-state index < -0.39 is 29.5 Å². The van der Waals surface area contributed by atoms with Crippen LogP contribution in [-0.2, 0) is 0 Å². The molecule has 3 rings (SSSR count). The fraction of sp³-hybridized carbons (Fsp3) is 0.381. The van der Waals surface area contributed by atoms with Crippen LogP contribution in [0.5, 0.6) is 0 Å². The van der Waals surface area contributed by atoms with Crippen molar-refractivity contribution in [2.45, 2.75) is 50.3 Å². The molecule has 1 fully saturated rings. The number of aliphatic hydroxyl groups is 1. The highest BCUT2D eigenvalue weighted by atomic mass is 35.5. The van der Waals surface area contributed by atoms with Gasteiger partial charge in [0.2, 0.25) is 0 Å². The lowest BCUT2D eigenvalue weighted by Crippen LogP contribution is -2.37. The monoisotopic (exact) mass is 458 g/mol. The highest BCUT2D eigenvalue weighted by Crippen LogP contribution is 2.41. The molecule has 0 bridgehead atoms. The summed E-state index contributed by atoms with van der Waals surface area (Å²) in [6.45, 7) is 6.08. The molecule has 2 N–H and O–H groups in total. The summed E-state index contributed by atoms with van der Waals surface area (Å²) in [6.07, 6.45) is 0.177. The van der Waals surface area contributed by atoms with Crippen LogP contribution in [-0.4, -0.2) is 33.5 Å². The second-order valence-electron chi connectivity index (χ2n) is 7.69. The minimum atomic E-state index is -1.60. The quantitative estimate of drug-likeness (QED) is 0.459. The lowest BCUT2D eigenvalue weighted by molar-refractivity contribution is 0.102. The van der Waals surface area contributed by atoms with Gasteiger partial charge in [-0.1, -0.05) is 25.4 Å². The third-order valence-corrected chi connectivity index (χ3v) is 6.82. The third kappa shape index (κ3) is 4.77. The zero-order valence-electron chi connectivity index (χ0n) is 16.6. The SMILES string of the molecule is CC(C)C1C(O)CC(C)N1Sc1cc(C(=O)Nc2cc(F)c(F)c(F)c2)ccc1Cl. The minimum Gasteiger partial charge on any atom is -0.391 e. The average Bonchev–Trinajstić information content (AvgIpc) is 2.94. The van der Waals surface area contributed by atoms with E-state index in [1.54, 1.807) is 12.1 Å². The van der Waals surface area contributed by atoms with Crippen LogP contribution in [0, 0.1) is 23.4 Å². The van der Waals surface area contributed by atoms with Crippen molar-refractivity contribution in [3.63, 3.8) is 0 Å². The van der Waals surface area contributed by atoms with Gasteiger partial charge in [0, 0.05) is 40.4 Å². The molecule has 1 amide bonds. The van der Waals surface area contributed by atoms with Crippen LogP contribution < -0.4 is 5.32 Å². The van der Waals surface area contributed by atoms with Crippen LogP contribution in [0.1, 0.15) is 37.6 Å². The number of carbonyl (C=O) groups excluding carboxylic acids is 1. The van der Waals surface area contributed by atoms with Crippen molar-refractivity contribution in [3.8, 4) is 0 Å². The summed E-state index contributed by atoms with van der Waals surface area (Å²) < 4.78 is 42.0. The van der Waals surface area contributed by atoms with Crippen LogP contribution in [0.25, 0.3) is 0 Å². The fourth-order valence-corrected chi connectivity index (χ4v) is 5.16. The van der Waals surface area contributed by atoms with Gasteiger partial charge in [-0.3, -0.25) is 4.79 Å². The highest BCUT2D eigenvalue weighted by Gasteiger charge is 2.40. The summed E-state index contributed by atoms with van der Waals surface area (Å²) in [5.41, 5.74) is 0.0252. The van der Waals surface area contributed by atoms with E-state index in [-0.39, 0.29) is 29.3 Å². The molecule has 3 unspecified atom stereocenters. The van der Waals surface area contributed by atoms with E-state index in [9.17, 15) is 23.1 Å². The Bertz CT molecular complexity index is 937. The van der Waals surface area contributed by atoms with Crippen molar-refractivity contribution < 1.29 is 23.1 Å². The molecule has 0 aromatic heterocycles. The maximum Gasteiger partial charge on any atom is 0.255 e. The van der Waals surface area contributed by atoms with Crippen molar-refractivity contribution in [2.24, 2.45) is 5.92 Å². The molecule has 30 heavy (non-hydrogen) atoms. The predicted molar refractivity (Wildman–Crippen MR) is 112 cm³/mol. The molecule has 4 nitrogen and oxygen atoms in total. The zero-order chi connectivity index (χ0) is 22.2. The fourth-order valence-electron chi connectivity index (χ4n) is 3.60. The molecule has 0 spiro atoms. The maximum absolute atomic E-state index is 13.4. The summed E-state index contributed by atoms with van der Waals surface area (Å²) in [4.78, 5) is 13.2. The average molecular weight is 459 g/mol. The van der Waals surface area contributed by atoms with Gasteiger partial charge < -0.3 is 10.4 Å². The first-order valence-corrected chi connectivity index (χ1v) is 10.6. The number of halogens is 4. The number of anilines is 1. The molecule has 1 aliphatic heterocycles. The number of rotatable bonds is 5. The van der Waals surface area contributed by atoms with Gasteiger partial charge in [0.25, 0.3) is 5.91 Å². The molecule has 162 valence electrons. The van der Waals surface area contributed by atoms with Crippen molar-refractivity contribution in [1.82, 2.24) is 4.31 Å². The lowest BCUT2D eigenvalue weighted by atomic mass is 10.0. The molecular formula is C21H22ClF3N2O2S. The Balaban J connectivity index is 1.82. The smallest absolute Gasteiger partial charge is 0.255 e. The molecule has 0 aliphatic carbocycles. The number of carbonyl (C=O) groups is 1. The summed E-state index contributed by atoms with van der Waals surface area (Å²) in [7, 11) is 0. The van der Waals surface area contributed by atoms with E-state index in [2.05, 4.69) is 9.62 Å². The van der Waals surface area contributed by atoms with E-state index in [0.29, 0.717) is 28.5 Å². The number of nitrogens with one attached hydrogen (secondary N) is 1. The van der Waals surface area contributed by atoms with Gasteiger partial charge >= 0.3 is 0 Å². The minimum absolute atomic E-state index is 0.0660. The highest BCUT2D eigenvalue weighted by molar-refractivity contribution is 7.97. The summed E-state index contributed by atoms with van der Waals surface area (Å²) >= 11 is 7.69. The van der Waals surface area contributed by atoms with Crippen LogP contribution in [0.15, 0.2) is 35.2 Å². The van der Waals surface area contributed by atoms with E-state index in [1.807, 2.05) is 20.8 Å². The topological polar surface area (TPSA) is 52.6 Å². The molecule has 0 radical (unpaired) electrons. The van der Waals surface area contributed by atoms with Crippen molar-refractivity contribution in [1.29, 1.82) is 0 Å². The first kappa shape index (κ1) is 22.9. The van der Waals surface area contributed by atoms with Gasteiger partial charge in [-0.25, -0.2) is 17.5 Å². The Hall–Kier alpha value is -1.74. The van der Waals surface area contributed by atoms with Crippen LogP contribution in [0.3, 0.4) is 0 Å². The van der Waals surface area contributed by atoms with E-state index in [0.717, 1.165) is 0 Å². The number of nitrogens with zero attached hydrogens (tertiary/aromatic N) is 1. The number of amides is 1. The summed E-state index contributed by atoms with van der Waals surface area (Å²) in [5.74, 6) is -4.78. The Labute approximate surface area is 182 Å². The molecule has 3 atom stereocenters. The molecule has 1 saturated heterocycles. The summed E-state index contributed by atoms with van der Waals surface area (Å²) in [6, 6.07) is 6.09. The van der Waals surface area contributed by atoms with E-state index in [4.69, 9.17) is 11.6 Å². The first-order chi connectivity index (χ1) is 14.1. The van der Waals surface area contributed by atoms with Gasteiger partial charge in [-0.05, 0) is 49.4 Å². The van der Waals surface area contributed by atoms with Crippen molar-refractivity contribution in [3.05, 3.63) is 58.4 Å². The Morgan fingerprint density at radius 2 is 1.87 bits per heavy atom. The third-order valence-electron chi connectivity index (χ3n) is 5.03. The number of benzene rings is 2. The molecule has 9 heteroatoms. The van der Waals surface area contributed by atoms with Gasteiger partial charge in [-0.15, -0.1) is 0 Å². The second kappa shape index (κ2) is 9.18. The molecule has 2 aromatic rings. The largest absolute Gasteiger partial charge is 0.391 e. The predicted octanol–water partition coefficient (Wildman–Crippen LogP) is 5.50. The molecule has 2 aromatic carbocycles. The Kier molecular flexibility index (Phi) is 7.02. The van der Waals surface area contributed by atoms with Crippen LogP contribution in [0.2, 0.25) is 5.02 Å². The van der Waals surface area contributed by atoms with Crippen LogP contribution in [0.4, 0.5) is 18.9 Å². The number of hydrogen-bond donors (Lipinski definition) is 2. The second-order valence-corrected chi connectivity index (χ2v) is 9.14. The first-order valence-electron chi connectivity index (χ1n) is 9.48. The Morgan fingerprint density at radius 1 is 1.23 bits per heavy atom. The molecule has 1 heterocycles. The Morgan fingerprint density at radius 3 is 2.47 bits per heavy atom. The molecule has 0 saturated carbocycles. The maximum atomic E-state index is 13.4. The van der Waals surface area contributed by atoms with Gasteiger partial charge in [0.05, 0.1) is 11.1 Å². The zero-order valence-corrected chi connectivity index (χ0v) is 18.2. The van der Waals surface area contributed by atoms with Gasteiger partial charge in [0.1, 0.15) is 0 Å². The molecule has 1 aliphatic rings. The van der Waals surface area contributed by atoms with Gasteiger partial charge in [0.15, 0.2) is 17.5 Å². The standard InChI is InChI=1S/C21H22ClF3N2O2S/c1-10(2)20-17(28)6-11(3)27(20)30-18-7-12(4-5-14(18)22)21(29)26-13-8-15(23)19(25)16(24)9-13/h4-5,7-11,17,20,28H,6H2,1-3H3,(H,26,29). The van der Waals surface area contributed by atoms with E-state index >= 15 is 0 Å². The molecular weight excluding hydrogens is 437 g/mol. The lowest BCUT2D eigenvalue weighted by Gasteiger charge is -2.30.